The molecule has 0 aliphatic rings. The van der Waals surface area contributed by atoms with Crippen molar-refractivity contribution in [2.45, 2.75) is 6.54 Å². The van der Waals surface area contributed by atoms with Crippen LogP contribution in [0.4, 0.5) is 0 Å². The number of rotatable bonds is 2. The molecule has 2 rings (SSSR count). The van der Waals surface area contributed by atoms with Crippen molar-refractivity contribution in [1.29, 1.82) is 0 Å². The summed E-state index contributed by atoms with van der Waals surface area (Å²) >= 11 is 6.12. The van der Waals surface area contributed by atoms with E-state index in [9.17, 15) is 4.91 Å². The molecule has 2 aromatic rings. The minimum absolute atomic E-state index is 0.129. The lowest BCUT2D eigenvalue weighted by atomic mass is 10.1. The summed E-state index contributed by atoms with van der Waals surface area (Å²) in [5.41, 5.74) is 0.778. The van der Waals surface area contributed by atoms with Gasteiger partial charge in [-0.3, -0.25) is 0 Å². The molecular formula is C11H8ClNO. The van der Waals surface area contributed by atoms with Gasteiger partial charge in [0.2, 0.25) is 0 Å². The zero-order valence-electron chi connectivity index (χ0n) is 7.40. The van der Waals surface area contributed by atoms with E-state index < -0.39 is 0 Å². The average molecular weight is 206 g/mol. The lowest BCUT2D eigenvalue weighted by Crippen LogP contribution is -1.84. The van der Waals surface area contributed by atoms with Gasteiger partial charge < -0.3 is 0 Å². The number of nitroso groups, excluding NO2 is 1. The minimum atomic E-state index is 0.129. The molecule has 0 radical (unpaired) electrons. The number of benzene rings is 2. The predicted molar refractivity (Wildman–Crippen MR) is 58.5 cm³/mol. The average Bonchev–Trinajstić information content (AvgIpc) is 2.23. The summed E-state index contributed by atoms with van der Waals surface area (Å²) < 4.78 is 0. The Balaban J connectivity index is 2.68. The van der Waals surface area contributed by atoms with Gasteiger partial charge in [-0.2, -0.15) is 4.91 Å². The maximum absolute atomic E-state index is 10.2. The summed E-state index contributed by atoms with van der Waals surface area (Å²) in [6, 6.07) is 11.6. The molecule has 0 unspecified atom stereocenters. The zero-order chi connectivity index (χ0) is 9.97. The third kappa shape index (κ3) is 1.49. The van der Waals surface area contributed by atoms with Crippen molar-refractivity contribution in [2.24, 2.45) is 5.18 Å². The monoisotopic (exact) mass is 205 g/mol. The summed E-state index contributed by atoms with van der Waals surface area (Å²) in [4.78, 5) is 10.2. The molecular weight excluding hydrogens is 198 g/mol. The fourth-order valence-electron chi connectivity index (χ4n) is 1.47. The highest BCUT2D eigenvalue weighted by atomic mass is 35.5. The Bertz CT molecular complexity index is 482. The van der Waals surface area contributed by atoms with Crippen LogP contribution in [0.15, 0.2) is 41.6 Å². The van der Waals surface area contributed by atoms with E-state index in [1.54, 1.807) is 0 Å². The first kappa shape index (κ1) is 9.16. The smallest absolute Gasteiger partial charge is 0.108 e. The molecule has 0 spiro atoms. The van der Waals surface area contributed by atoms with E-state index in [-0.39, 0.29) is 6.54 Å². The maximum atomic E-state index is 10.2. The highest BCUT2D eigenvalue weighted by Crippen LogP contribution is 2.27. The fourth-order valence-corrected chi connectivity index (χ4v) is 1.77. The number of hydrogen-bond donors (Lipinski definition) is 0. The van der Waals surface area contributed by atoms with Crippen LogP contribution in [0.3, 0.4) is 0 Å². The second-order valence-electron chi connectivity index (χ2n) is 3.05. The van der Waals surface area contributed by atoms with Gasteiger partial charge >= 0.3 is 0 Å². The highest BCUT2D eigenvalue weighted by Gasteiger charge is 2.04. The van der Waals surface area contributed by atoms with Crippen molar-refractivity contribution in [2.75, 3.05) is 0 Å². The quantitative estimate of drug-likeness (QED) is 0.687. The summed E-state index contributed by atoms with van der Waals surface area (Å²) in [5.74, 6) is 0. The Morgan fingerprint density at radius 2 is 1.93 bits per heavy atom. The molecule has 0 aromatic heterocycles. The van der Waals surface area contributed by atoms with Crippen LogP contribution in [-0.4, -0.2) is 0 Å². The van der Waals surface area contributed by atoms with Gasteiger partial charge in [-0.25, -0.2) is 0 Å². The van der Waals surface area contributed by atoms with Crippen LogP contribution in [0, 0.1) is 4.91 Å². The van der Waals surface area contributed by atoms with E-state index in [0.717, 1.165) is 16.3 Å². The number of nitrogens with zero attached hydrogens (tertiary/aromatic N) is 1. The van der Waals surface area contributed by atoms with Crippen molar-refractivity contribution in [3.63, 3.8) is 0 Å². The minimum Gasteiger partial charge on any atom is -0.150 e. The van der Waals surface area contributed by atoms with Crippen LogP contribution in [0.2, 0.25) is 5.02 Å². The van der Waals surface area contributed by atoms with E-state index in [1.807, 2.05) is 36.4 Å². The number of halogens is 1. The second-order valence-corrected chi connectivity index (χ2v) is 3.42. The Morgan fingerprint density at radius 3 is 2.71 bits per heavy atom. The molecule has 0 saturated carbocycles. The zero-order valence-corrected chi connectivity index (χ0v) is 8.16. The fraction of sp³-hybridized carbons (Fsp3) is 0.0909. The molecule has 2 nitrogen and oxygen atoms in total. The molecule has 3 heteroatoms. The van der Waals surface area contributed by atoms with Gasteiger partial charge in [0.25, 0.3) is 0 Å². The van der Waals surface area contributed by atoms with Crippen LogP contribution >= 0.6 is 11.6 Å². The first-order valence-electron chi connectivity index (χ1n) is 4.28. The van der Waals surface area contributed by atoms with Crippen LogP contribution < -0.4 is 0 Å². The lowest BCUT2D eigenvalue weighted by molar-refractivity contribution is 1.06. The highest BCUT2D eigenvalue weighted by molar-refractivity contribution is 6.36. The third-order valence-electron chi connectivity index (χ3n) is 2.18. The normalized spacial score (nSPS) is 10.4. The van der Waals surface area contributed by atoms with Crippen molar-refractivity contribution < 1.29 is 0 Å². The first-order chi connectivity index (χ1) is 6.83. The van der Waals surface area contributed by atoms with Crippen LogP contribution in [0.5, 0.6) is 0 Å². The first-order valence-corrected chi connectivity index (χ1v) is 4.66. The molecule has 0 aliphatic carbocycles. The van der Waals surface area contributed by atoms with E-state index in [2.05, 4.69) is 5.18 Å². The van der Waals surface area contributed by atoms with Crippen LogP contribution in [0.25, 0.3) is 10.8 Å². The second kappa shape index (κ2) is 3.76. The SMILES string of the molecule is O=NCc1ccc2ccccc2c1Cl. The molecule has 0 heterocycles. The van der Waals surface area contributed by atoms with Gasteiger partial charge in [0.1, 0.15) is 6.54 Å². The molecule has 0 N–H and O–H groups in total. The van der Waals surface area contributed by atoms with E-state index >= 15 is 0 Å². The molecule has 2 aromatic carbocycles. The van der Waals surface area contributed by atoms with Gasteiger partial charge in [-0.1, -0.05) is 53.2 Å². The molecule has 70 valence electrons. The molecule has 0 aliphatic heterocycles. The Hall–Kier alpha value is -1.41. The largest absolute Gasteiger partial charge is 0.150 e. The van der Waals surface area contributed by atoms with Crippen molar-refractivity contribution >= 4 is 22.4 Å². The summed E-state index contributed by atoms with van der Waals surface area (Å²) in [7, 11) is 0. The van der Waals surface area contributed by atoms with E-state index in [1.165, 1.54) is 0 Å². The Morgan fingerprint density at radius 1 is 1.14 bits per heavy atom. The van der Waals surface area contributed by atoms with Crippen LogP contribution in [0.1, 0.15) is 5.56 Å². The molecule has 0 bridgehead atoms. The van der Waals surface area contributed by atoms with Gasteiger partial charge in [0.05, 0.1) is 5.02 Å². The van der Waals surface area contributed by atoms with Gasteiger partial charge in [0, 0.05) is 5.39 Å². The number of hydrogen-bond acceptors (Lipinski definition) is 2. The molecule has 0 amide bonds. The Labute approximate surface area is 86.5 Å². The summed E-state index contributed by atoms with van der Waals surface area (Å²) in [6.45, 7) is 0.129. The molecule has 14 heavy (non-hydrogen) atoms. The third-order valence-corrected chi connectivity index (χ3v) is 2.62. The standard InChI is InChI=1S/C11H8ClNO/c12-11-9(7-13-14)6-5-8-3-1-2-4-10(8)11/h1-6H,7H2. The van der Waals surface area contributed by atoms with Crippen molar-refractivity contribution in [3.05, 3.63) is 51.9 Å². The molecule has 0 saturated heterocycles. The molecule has 0 fully saturated rings. The summed E-state index contributed by atoms with van der Waals surface area (Å²) in [5, 5.41) is 5.51. The number of fused-ring (bicyclic) bond motifs is 1. The van der Waals surface area contributed by atoms with E-state index in [4.69, 9.17) is 11.6 Å². The van der Waals surface area contributed by atoms with Crippen molar-refractivity contribution in [1.82, 2.24) is 0 Å². The van der Waals surface area contributed by atoms with E-state index in [0.29, 0.717) is 5.02 Å². The van der Waals surface area contributed by atoms with Crippen molar-refractivity contribution in [3.8, 4) is 0 Å². The lowest BCUT2D eigenvalue weighted by Gasteiger charge is -2.03. The van der Waals surface area contributed by atoms with Gasteiger partial charge in [-0.05, 0) is 10.9 Å². The van der Waals surface area contributed by atoms with Crippen LogP contribution in [-0.2, 0) is 6.54 Å². The van der Waals surface area contributed by atoms with Gasteiger partial charge in [-0.15, -0.1) is 0 Å². The maximum Gasteiger partial charge on any atom is 0.108 e. The topological polar surface area (TPSA) is 29.4 Å². The van der Waals surface area contributed by atoms with Gasteiger partial charge in [0.15, 0.2) is 0 Å². The Kier molecular flexibility index (Phi) is 2.46. The predicted octanol–water partition coefficient (Wildman–Crippen LogP) is 3.76. The summed E-state index contributed by atoms with van der Waals surface area (Å²) in [6.07, 6.45) is 0. The molecule has 0 atom stereocenters.